The third-order valence-electron chi connectivity index (χ3n) is 4.96. The molecule has 1 N–H and O–H groups in total. The second kappa shape index (κ2) is 7.86. The van der Waals surface area contributed by atoms with Crippen LogP contribution in [-0.2, 0) is 4.79 Å². The molecule has 31 heavy (non-hydrogen) atoms. The molecule has 1 saturated heterocycles. The minimum absolute atomic E-state index is 0.0984. The summed E-state index contributed by atoms with van der Waals surface area (Å²) in [6.07, 6.45) is 7.39. The van der Waals surface area contributed by atoms with Gasteiger partial charge in [-0.15, -0.1) is 0 Å². The number of aromatic nitrogens is 4. The first-order valence-corrected chi connectivity index (χ1v) is 9.64. The number of hydrogen-bond donors (Lipinski definition) is 1. The number of fused-ring (bicyclic) bond motifs is 1. The molecule has 1 aliphatic rings. The topological polar surface area (TPSA) is 106 Å². The third kappa shape index (κ3) is 3.80. The van der Waals surface area contributed by atoms with E-state index in [9.17, 15) is 4.79 Å². The monoisotopic (exact) mass is 414 g/mol. The van der Waals surface area contributed by atoms with Crippen LogP contribution in [0.3, 0.4) is 0 Å². The van der Waals surface area contributed by atoms with Gasteiger partial charge in [-0.1, -0.05) is 18.7 Å². The van der Waals surface area contributed by atoms with Crippen LogP contribution in [0.5, 0.6) is 5.88 Å². The van der Waals surface area contributed by atoms with E-state index in [1.165, 1.54) is 18.8 Å². The summed E-state index contributed by atoms with van der Waals surface area (Å²) in [5.41, 5.74) is 2.43. The van der Waals surface area contributed by atoms with Crippen LogP contribution in [0.2, 0.25) is 0 Å². The van der Waals surface area contributed by atoms with Crippen molar-refractivity contribution in [2.45, 2.75) is 6.10 Å². The normalized spacial score (nSPS) is 13.6. The van der Waals surface area contributed by atoms with Crippen molar-refractivity contribution < 1.29 is 13.9 Å². The lowest BCUT2D eigenvalue weighted by Gasteiger charge is -2.37. The molecule has 4 aromatic rings. The van der Waals surface area contributed by atoms with Gasteiger partial charge < -0.3 is 19.4 Å². The summed E-state index contributed by atoms with van der Waals surface area (Å²) in [7, 11) is 0. The van der Waals surface area contributed by atoms with Crippen LogP contribution in [-0.4, -0.2) is 49.9 Å². The van der Waals surface area contributed by atoms with Gasteiger partial charge in [0.25, 0.3) is 0 Å². The Balaban J connectivity index is 1.37. The van der Waals surface area contributed by atoms with Gasteiger partial charge in [0, 0.05) is 22.7 Å². The largest absolute Gasteiger partial charge is 0.471 e. The van der Waals surface area contributed by atoms with Crippen LogP contribution >= 0.6 is 0 Å². The molecule has 1 fully saturated rings. The van der Waals surface area contributed by atoms with Gasteiger partial charge >= 0.3 is 0 Å². The van der Waals surface area contributed by atoms with Gasteiger partial charge in [-0.3, -0.25) is 4.79 Å². The molecule has 1 aromatic carbocycles. The molecule has 154 valence electrons. The number of carbonyl (C=O) groups is 1. The molecule has 5 rings (SSSR count). The minimum atomic E-state index is -0.103. The Kier molecular flexibility index (Phi) is 4.75. The van der Waals surface area contributed by atoms with E-state index in [1.807, 2.05) is 24.3 Å². The molecule has 9 nitrogen and oxygen atoms in total. The Morgan fingerprint density at radius 2 is 2.13 bits per heavy atom. The summed E-state index contributed by atoms with van der Waals surface area (Å²) in [5.74, 6) is 1.67. The number of likely N-dealkylation sites (tertiary alicyclic amines) is 1. The van der Waals surface area contributed by atoms with Crippen molar-refractivity contribution in [2.24, 2.45) is 0 Å². The highest BCUT2D eigenvalue weighted by Crippen LogP contribution is 2.28. The Labute approximate surface area is 177 Å². The van der Waals surface area contributed by atoms with Crippen LogP contribution in [0.1, 0.15) is 0 Å². The van der Waals surface area contributed by atoms with E-state index in [1.54, 1.807) is 23.4 Å². The zero-order chi connectivity index (χ0) is 21.2. The van der Waals surface area contributed by atoms with Gasteiger partial charge in [0.15, 0.2) is 12.2 Å². The molecule has 0 bridgehead atoms. The van der Waals surface area contributed by atoms with Crippen molar-refractivity contribution in [2.75, 3.05) is 18.4 Å². The number of amides is 1. The number of nitrogens with one attached hydrogen (secondary N) is 1. The Morgan fingerprint density at radius 1 is 1.23 bits per heavy atom. The molecule has 3 aromatic heterocycles. The number of anilines is 2. The molecular formula is C22H18N6O3. The first kappa shape index (κ1) is 18.7. The summed E-state index contributed by atoms with van der Waals surface area (Å²) >= 11 is 0. The van der Waals surface area contributed by atoms with Crippen LogP contribution in [0.15, 0.2) is 72.5 Å². The van der Waals surface area contributed by atoms with Gasteiger partial charge in [0.2, 0.25) is 11.8 Å². The highest BCUT2D eigenvalue weighted by molar-refractivity contribution is 5.91. The first-order chi connectivity index (χ1) is 15.2. The molecule has 4 heterocycles. The van der Waals surface area contributed by atoms with Crippen molar-refractivity contribution in [3.63, 3.8) is 0 Å². The molecule has 0 radical (unpaired) electrons. The lowest BCUT2D eigenvalue weighted by molar-refractivity contribution is -0.134. The quantitative estimate of drug-likeness (QED) is 0.480. The number of hydrogen-bond acceptors (Lipinski definition) is 8. The maximum atomic E-state index is 11.6. The first-order valence-electron chi connectivity index (χ1n) is 9.64. The zero-order valence-corrected chi connectivity index (χ0v) is 16.4. The van der Waals surface area contributed by atoms with Crippen molar-refractivity contribution in [3.8, 4) is 17.2 Å². The van der Waals surface area contributed by atoms with E-state index in [0.717, 1.165) is 16.6 Å². The number of ether oxygens (including phenoxy) is 1. The average molecular weight is 414 g/mol. The van der Waals surface area contributed by atoms with Crippen molar-refractivity contribution in [3.05, 3.63) is 68.1 Å². The fraction of sp³-hybridized carbons (Fsp3) is 0.136. The number of oxazole rings is 1. The van der Waals surface area contributed by atoms with E-state index in [0.29, 0.717) is 36.1 Å². The maximum Gasteiger partial charge on any atom is 0.246 e. The third-order valence-corrected chi connectivity index (χ3v) is 4.96. The van der Waals surface area contributed by atoms with Crippen LogP contribution < -0.4 is 10.1 Å². The predicted molar refractivity (Wildman–Crippen MR) is 114 cm³/mol. The van der Waals surface area contributed by atoms with E-state index in [4.69, 9.17) is 9.15 Å². The van der Waals surface area contributed by atoms with Gasteiger partial charge in [0.1, 0.15) is 18.2 Å². The molecule has 9 heteroatoms. The number of pyridine rings is 1. The second-order valence-electron chi connectivity index (χ2n) is 7.02. The minimum Gasteiger partial charge on any atom is -0.471 e. The lowest BCUT2D eigenvalue weighted by atomic mass is 10.1. The number of carbonyl (C=O) groups excluding carboxylic acids is 1. The fourth-order valence-electron chi connectivity index (χ4n) is 3.34. The Hall–Kier alpha value is -4.27. The summed E-state index contributed by atoms with van der Waals surface area (Å²) in [6, 6.07) is 9.56. The molecule has 0 spiro atoms. The van der Waals surface area contributed by atoms with Crippen LogP contribution in [0.25, 0.3) is 22.2 Å². The van der Waals surface area contributed by atoms with Crippen molar-refractivity contribution in [1.82, 2.24) is 24.8 Å². The Bertz CT molecular complexity index is 1250. The number of rotatable bonds is 6. The smallest absolute Gasteiger partial charge is 0.246 e. The lowest BCUT2D eigenvalue weighted by Crippen LogP contribution is -2.55. The van der Waals surface area contributed by atoms with Gasteiger partial charge in [0.05, 0.1) is 31.0 Å². The van der Waals surface area contributed by atoms with E-state index in [-0.39, 0.29) is 12.0 Å². The van der Waals surface area contributed by atoms with Crippen LogP contribution in [0, 0.1) is 0 Å². The molecule has 1 aliphatic heterocycles. The average Bonchev–Trinajstić information content (AvgIpc) is 3.31. The molecule has 0 saturated carbocycles. The highest BCUT2D eigenvalue weighted by Gasteiger charge is 2.31. The summed E-state index contributed by atoms with van der Waals surface area (Å²) in [4.78, 5) is 30.2. The molecule has 1 amide bonds. The fourth-order valence-corrected chi connectivity index (χ4v) is 3.34. The summed E-state index contributed by atoms with van der Waals surface area (Å²) in [5, 5.41) is 4.10. The van der Waals surface area contributed by atoms with E-state index >= 15 is 0 Å². The van der Waals surface area contributed by atoms with Crippen LogP contribution in [0.4, 0.5) is 11.5 Å². The maximum absolute atomic E-state index is 11.6. The van der Waals surface area contributed by atoms with Gasteiger partial charge in [-0.25, -0.2) is 19.9 Å². The highest BCUT2D eigenvalue weighted by atomic mass is 16.5. The molecular weight excluding hydrogens is 396 g/mol. The zero-order valence-electron chi connectivity index (χ0n) is 16.4. The summed E-state index contributed by atoms with van der Waals surface area (Å²) in [6.45, 7) is 4.52. The second-order valence-corrected chi connectivity index (χ2v) is 7.02. The van der Waals surface area contributed by atoms with Gasteiger partial charge in [-0.05, 0) is 18.2 Å². The molecule has 0 unspecified atom stereocenters. The SMILES string of the molecule is C=CC(=O)N1CC(Oc2cc3c(Nc4cccc(-c5cnco5)c4)ncnc3cn2)C1. The van der Waals surface area contributed by atoms with Crippen molar-refractivity contribution >= 4 is 28.3 Å². The van der Waals surface area contributed by atoms with Crippen molar-refractivity contribution in [1.29, 1.82) is 0 Å². The van der Waals surface area contributed by atoms with E-state index in [2.05, 4.69) is 31.8 Å². The van der Waals surface area contributed by atoms with Gasteiger partial charge in [-0.2, -0.15) is 0 Å². The molecule has 0 atom stereocenters. The van der Waals surface area contributed by atoms with E-state index < -0.39 is 0 Å². The Morgan fingerprint density at radius 3 is 2.94 bits per heavy atom. The number of benzene rings is 1. The standard InChI is InChI=1S/C22H18N6O3/c1-2-21(29)28-10-16(11-28)31-20-7-17-18(8-24-20)25-12-26-22(17)27-15-5-3-4-14(6-15)19-9-23-13-30-19/h2-9,12-13,16H,1,10-11H2,(H,25,26,27). The predicted octanol–water partition coefficient (Wildman–Crippen LogP) is 3.20. The summed E-state index contributed by atoms with van der Waals surface area (Å²) < 4.78 is 11.3. The number of nitrogens with zero attached hydrogens (tertiary/aromatic N) is 5. The molecule has 0 aliphatic carbocycles.